The number of hydrogen-bond acceptors (Lipinski definition) is 2. The summed E-state index contributed by atoms with van der Waals surface area (Å²) in [6.07, 6.45) is 14.2. The van der Waals surface area contributed by atoms with E-state index in [1.165, 1.54) is 38.5 Å². The Kier molecular flexibility index (Phi) is 6.34. The Hall–Kier alpha value is -0.990. The summed E-state index contributed by atoms with van der Waals surface area (Å²) in [6.45, 7) is 1.82. The molecular weight excluding hydrogens is 276 g/mol. The molecule has 22 heavy (non-hydrogen) atoms. The second-order valence-corrected chi connectivity index (χ2v) is 7.30. The average molecular weight is 308 g/mol. The van der Waals surface area contributed by atoms with Gasteiger partial charge in [0.2, 0.25) is 0 Å². The molecule has 3 heteroatoms. The molecule has 0 saturated heterocycles. The molecule has 2 fully saturated rings. The number of allylic oxidation sites excluding steroid dienone is 2. The van der Waals surface area contributed by atoms with Gasteiger partial charge in [0.1, 0.15) is 0 Å². The van der Waals surface area contributed by atoms with E-state index in [0.29, 0.717) is 30.4 Å². The molecule has 0 unspecified atom stereocenters. The fourth-order valence-corrected chi connectivity index (χ4v) is 4.91. The molecule has 0 bridgehead atoms. The highest BCUT2D eigenvalue weighted by Crippen LogP contribution is 2.52. The van der Waals surface area contributed by atoms with Gasteiger partial charge >= 0.3 is 5.97 Å². The minimum atomic E-state index is -0.613. The predicted octanol–water partition coefficient (Wildman–Crippen LogP) is 5.46. The van der Waals surface area contributed by atoms with Crippen molar-refractivity contribution in [2.24, 2.45) is 17.3 Å². The lowest BCUT2D eigenvalue weighted by Gasteiger charge is -2.46. The molecule has 0 aromatic carbocycles. The van der Waals surface area contributed by atoms with Gasteiger partial charge in [0.15, 0.2) is 0 Å². The van der Waals surface area contributed by atoms with Gasteiger partial charge in [-0.3, -0.25) is 4.79 Å². The molecule has 0 amide bonds. The second-order valence-electron chi connectivity index (χ2n) is 7.30. The van der Waals surface area contributed by atoms with Crippen LogP contribution in [-0.2, 0) is 4.79 Å². The Balaban J connectivity index is 2.27. The van der Waals surface area contributed by atoms with E-state index in [9.17, 15) is 15.0 Å². The Morgan fingerprint density at radius 1 is 0.955 bits per heavy atom. The largest absolute Gasteiger partial charge is 0.513 e. The van der Waals surface area contributed by atoms with E-state index in [-0.39, 0.29) is 0 Å². The number of aliphatic hydroxyl groups excluding tert-OH is 1. The zero-order valence-corrected chi connectivity index (χ0v) is 14.0. The monoisotopic (exact) mass is 308 g/mol. The van der Waals surface area contributed by atoms with Crippen molar-refractivity contribution in [2.75, 3.05) is 0 Å². The van der Waals surface area contributed by atoms with Crippen LogP contribution in [0.25, 0.3) is 0 Å². The molecule has 2 rings (SSSR count). The van der Waals surface area contributed by atoms with E-state index in [2.05, 4.69) is 0 Å². The predicted molar refractivity (Wildman–Crippen MR) is 88.8 cm³/mol. The lowest BCUT2D eigenvalue weighted by Crippen LogP contribution is -2.46. The van der Waals surface area contributed by atoms with Gasteiger partial charge in [-0.1, -0.05) is 38.5 Å². The van der Waals surface area contributed by atoms with Crippen LogP contribution >= 0.6 is 0 Å². The van der Waals surface area contributed by atoms with Crippen molar-refractivity contribution in [3.05, 3.63) is 11.8 Å². The molecule has 0 atom stereocenters. The first kappa shape index (κ1) is 17.4. The van der Waals surface area contributed by atoms with Gasteiger partial charge in [0.05, 0.1) is 11.2 Å². The molecule has 0 heterocycles. The first-order valence-electron chi connectivity index (χ1n) is 9.18. The topological polar surface area (TPSA) is 57.5 Å². The van der Waals surface area contributed by atoms with Crippen LogP contribution in [-0.4, -0.2) is 16.2 Å². The Morgan fingerprint density at radius 2 is 1.41 bits per heavy atom. The SMILES string of the molecule is CC=C(O)CCC(C(=O)O)(C1CCCCC1)C1CCCCC1. The molecule has 2 N–H and O–H groups in total. The Morgan fingerprint density at radius 3 is 1.77 bits per heavy atom. The molecule has 0 spiro atoms. The highest BCUT2D eigenvalue weighted by atomic mass is 16.4. The fourth-order valence-electron chi connectivity index (χ4n) is 4.91. The summed E-state index contributed by atoms with van der Waals surface area (Å²) >= 11 is 0. The van der Waals surface area contributed by atoms with Gasteiger partial charge in [0.25, 0.3) is 0 Å². The van der Waals surface area contributed by atoms with Crippen LogP contribution in [0.2, 0.25) is 0 Å². The van der Waals surface area contributed by atoms with Crippen LogP contribution in [0.5, 0.6) is 0 Å². The highest BCUT2D eigenvalue weighted by molar-refractivity contribution is 5.75. The molecular formula is C19H32O3. The van der Waals surface area contributed by atoms with Crippen molar-refractivity contribution in [1.82, 2.24) is 0 Å². The van der Waals surface area contributed by atoms with Gasteiger partial charge < -0.3 is 10.2 Å². The molecule has 126 valence electrons. The summed E-state index contributed by atoms with van der Waals surface area (Å²) in [5.41, 5.74) is -0.613. The zero-order valence-electron chi connectivity index (χ0n) is 14.0. The molecule has 0 aromatic heterocycles. The van der Waals surface area contributed by atoms with Crippen LogP contribution in [0.4, 0.5) is 0 Å². The van der Waals surface area contributed by atoms with Crippen molar-refractivity contribution >= 4 is 5.97 Å². The minimum Gasteiger partial charge on any atom is -0.513 e. The highest BCUT2D eigenvalue weighted by Gasteiger charge is 2.51. The van der Waals surface area contributed by atoms with E-state index >= 15 is 0 Å². The second kappa shape index (κ2) is 8.03. The Labute approximate surface area is 134 Å². The van der Waals surface area contributed by atoms with Crippen molar-refractivity contribution in [2.45, 2.75) is 84.0 Å². The molecule has 2 aliphatic carbocycles. The van der Waals surface area contributed by atoms with E-state index in [1.54, 1.807) is 6.08 Å². The van der Waals surface area contributed by atoms with E-state index < -0.39 is 11.4 Å². The number of carbonyl (C=O) groups is 1. The van der Waals surface area contributed by atoms with Gasteiger partial charge in [-0.15, -0.1) is 0 Å². The maximum Gasteiger partial charge on any atom is 0.310 e. The van der Waals surface area contributed by atoms with Gasteiger partial charge in [-0.2, -0.15) is 0 Å². The molecule has 0 aromatic rings. The molecule has 2 aliphatic rings. The standard InChI is InChI=1S/C19H32O3/c1-2-17(20)13-14-19(18(21)22,15-9-5-3-6-10-15)16-11-7-4-8-12-16/h2,15-16,20H,3-14H2,1H3,(H,21,22). The summed E-state index contributed by atoms with van der Waals surface area (Å²) in [5, 5.41) is 20.1. The quantitative estimate of drug-likeness (QED) is 0.640. The van der Waals surface area contributed by atoms with E-state index in [1.807, 2.05) is 6.92 Å². The number of hydrogen-bond donors (Lipinski definition) is 2. The average Bonchev–Trinajstić information content (AvgIpc) is 2.57. The van der Waals surface area contributed by atoms with Crippen LogP contribution in [0.1, 0.15) is 84.0 Å². The van der Waals surface area contributed by atoms with Crippen molar-refractivity contribution in [3.8, 4) is 0 Å². The minimum absolute atomic E-state index is 0.298. The van der Waals surface area contributed by atoms with E-state index in [0.717, 1.165) is 25.7 Å². The van der Waals surface area contributed by atoms with Gasteiger partial charge in [-0.05, 0) is 56.9 Å². The number of carboxylic acids is 1. The molecule has 0 aliphatic heterocycles. The first-order chi connectivity index (χ1) is 10.6. The third-order valence-electron chi connectivity index (χ3n) is 6.19. The van der Waals surface area contributed by atoms with E-state index in [4.69, 9.17) is 0 Å². The summed E-state index contributed by atoms with van der Waals surface area (Å²) in [6, 6.07) is 0. The molecule has 2 saturated carbocycles. The van der Waals surface area contributed by atoms with Gasteiger partial charge in [-0.25, -0.2) is 0 Å². The first-order valence-corrected chi connectivity index (χ1v) is 9.18. The summed E-state index contributed by atoms with van der Waals surface area (Å²) in [4.78, 5) is 12.4. The van der Waals surface area contributed by atoms with Crippen molar-refractivity contribution in [1.29, 1.82) is 0 Å². The molecule has 0 radical (unpaired) electrons. The lowest BCUT2D eigenvalue weighted by molar-refractivity contribution is -0.161. The Bertz CT molecular complexity index is 369. The molecule has 3 nitrogen and oxygen atoms in total. The third kappa shape index (κ3) is 3.67. The summed E-state index contributed by atoms with van der Waals surface area (Å²) < 4.78 is 0. The maximum absolute atomic E-state index is 12.4. The van der Waals surface area contributed by atoms with Crippen molar-refractivity contribution in [3.63, 3.8) is 0 Å². The lowest BCUT2D eigenvalue weighted by atomic mass is 9.57. The number of aliphatic hydroxyl groups is 1. The van der Waals surface area contributed by atoms with Gasteiger partial charge in [0, 0.05) is 6.42 Å². The van der Waals surface area contributed by atoms with Crippen molar-refractivity contribution < 1.29 is 15.0 Å². The smallest absolute Gasteiger partial charge is 0.310 e. The number of aliphatic carboxylic acids is 1. The number of rotatable bonds is 6. The van der Waals surface area contributed by atoms with Crippen LogP contribution < -0.4 is 0 Å². The van der Waals surface area contributed by atoms with Crippen LogP contribution in [0.15, 0.2) is 11.8 Å². The maximum atomic E-state index is 12.4. The van der Waals surface area contributed by atoms with Crippen LogP contribution in [0, 0.1) is 17.3 Å². The summed E-state index contributed by atoms with van der Waals surface area (Å²) in [5.74, 6) is 0.338. The fraction of sp³-hybridized carbons (Fsp3) is 0.842. The zero-order chi connectivity index (χ0) is 16.0. The third-order valence-corrected chi connectivity index (χ3v) is 6.19. The van der Waals surface area contributed by atoms with Crippen LogP contribution in [0.3, 0.4) is 0 Å². The normalized spacial score (nSPS) is 22.7. The number of carboxylic acid groups (broad SMARTS) is 1. The summed E-state index contributed by atoms with van der Waals surface area (Å²) in [7, 11) is 0.